The van der Waals surface area contributed by atoms with Crippen molar-refractivity contribution in [3.63, 3.8) is 0 Å². The third kappa shape index (κ3) is 3.01. The third-order valence-corrected chi connectivity index (χ3v) is 4.84. The monoisotopic (exact) mass is 293 g/mol. The standard InChI is InChI=1S/C17H27NO3/c1-12-6-5-9-17(10-12,11-18)16(19)13-7-4-8-14(20-2)15(13)21-3/h4,7-8,12,16,19H,5-6,9-11,18H2,1-3H3. The lowest BCUT2D eigenvalue weighted by molar-refractivity contribution is -0.0144. The predicted octanol–water partition coefficient (Wildman–Crippen LogP) is 2.89. The second-order valence-electron chi connectivity index (χ2n) is 6.25. The quantitative estimate of drug-likeness (QED) is 0.876. The van der Waals surface area contributed by atoms with Crippen molar-refractivity contribution in [3.05, 3.63) is 23.8 Å². The zero-order chi connectivity index (χ0) is 15.5. The minimum atomic E-state index is -0.629. The van der Waals surface area contributed by atoms with Gasteiger partial charge in [0.15, 0.2) is 11.5 Å². The fourth-order valence-electron chi connectivity index (χ4n) is 3.70. The number of rotatable bonds is 5. The highest BCUT2D eigenvalue weighted by atomic mass is 16.5. The van der Waals surface area contributed by atoms with E-state index in [9.17, 15) is 5.11 Å². The predicted molar refractivity (Wildman–Crippen MR) is 83.6 cm³/mol. The molecule has 3 unspecified atom stereocenters. The molecule has 0 aromatic heterocycles. The average molecular weight is 293 g/mol. The molecule has 0 heterocycles. The first-order valence-electron chi connectivity index (χ1n) is 7.67. The number of ether oxygens (including phenoxy) is 2. The van der Waals surface area contributed by atoms with Crippen molar-refractivity contribution in [2.24, 2.45) is 17.1 Å². The molecule has 0 saturated heterocycles. The molecule has 1 saturated carbocycles. The van der Waals surface area contributed by atoms with E-state index in [1.54, 1.807) is 14.2 Å². The van der Waals surface area contributed by atoms with Crippen molar-refractivity contribution < 1.29 is 14.6 Å². The number of nitrogens with two attached hydrogens (primary N) is 1. The fraction of sp³-hybridized carbons (Fsp3) is 0.647. The Morgan fingerprint density at radius 2 is 2.14 bits per heavy atom. The Balaban J connectivity index is 2.40. The molecule has 2 rings (SSSR count). The first-order chi connectivity index (χ1) is 10.1. The zero-order valence-corrected chi connectivity index (χ0v) is 13.3. The second-order valence-corrected chi connectivity index (χ2v) is 6.25. The lowest BCUT2D eigenvalue weighted by Crippen LogP contribution is -2.40. The Kier molecular flexibility index (Phi) is 5.12. The molecule has 0 spiro atoms. The van der Waals surface area contributed by atoms with Crippen molar-refractivity contribution in [3.8, 4) is 11.5 Å². The minimum Gasteiger partial charge on any atom is -0.493 e. The van der Waals surface area contributed by atoms with Gasteiger partial charge in [-0.3, -0.25) is 0 Å². The summed E-state index contributed by atoms with van der Waals surface area (Å²) in [5.41, 5.74) is 6.58. The smallest absolute Gasteiger partial charge is 0.166 e. The van der Waals surface area contributed by atoms with E-state index in [0.717, 1.165) is 24.8 Å². The molecule has 1 aliphatic carbocycles. The van der Waals surface area contributed by atoms with Gasteiger partial charge < -0.3 is 20.3 Å². The molecule has 3 atom stereocenters. The number of benzene rings is 1. The fourth-order valence-corrected chi connectivity index (χ4v) is 3.70. The van der Waals surface area contributed by atoms with Crippen LogP contribution in [-0.2, 0) is 0 Å². The first-order valence-corrected chi connectivity index (χ1v) is 7.67. The Labute approximate surface area is 127 Å². The molecule has 1 aliphatic rings. The van der Waals surface area contributed by atoms with Gasteiger partial charge in [-0.2, -0.15) is 0 Å². The molecule has 3 N–H and O–H groups in total. The number of aliphatic hydroxyl groups excluding tert-OH is 1. The minimum absolute atomic E-state index is 0.267. The van der Waals surface area contributed by atoms with E-state index in [1.165, 1.54) is 6.42 Å². The van der Waals surface area contributed by atoms with Gasteiger partial charge in [0, 0.05) is 17.5 Å². The number of hydrogen-bond donors (Lipinski definition) is 2. The van der Waals surface area contributed by atoms with E-state index < -0.39 is 6.10 Å². The SMILES string of the molecule is COc1cccc(C(O)C2(CN)CCCC(C)C2)c1OC. The van der Waals surface area contributed by atoms with Crippen LogP contribution in [-0.4, -0.2) is 25.9 Å². The normalized spacial score (nSPS) is 27.2. The maximum atomic E-state index is 11.0. The van der Waals surface area contributed by atoms with Crippen LogP contribution in [0, 0.1) is 11.3 Å². The summed E-state index contributed by atoms with van der Waals surface area (Å²) in [7, 11) is 3.21. The highest BCUT2D eigenvalue weighted by molar-refractivity contribution is 5.48. The molecule has 1 aromatic carbocycles. The van der Waals surface area contributed by atoms with Crippen LogP contribution < -0.4 is 15.2 Å². The summed E-state index contributed by atoms with van der Waals surface area (Å²) in [6.07, 6.45) is 3.60. The second kappa shape index (κ2) is 6.67. The van der Waals surface area contributed by atoms with Crippen molar-refractivity contribution in [1.29, 1.82) is 0 Å². The average Bonchev–Trinajstić information content (AvgIpc) is 2.52. The van der Waals surface area contributed by atoms with E-state index in [-0.39, 0.29) is 5.41 Å². The third-order valence-electron chi connectivity index (χ3n) is 4.84. The number of aliphatic hydroxyl groups is 1. The Morgan fingerprint density at radius 3 is 2.71 bits per heavy atom. The van der Waals surface area contributed by atoms with E-state index in [0.29, 0.717) is 24.0 Å². The van der Waals surface area contributed by atoms with Crippen LogP contribution in [0.15, 0.2) is 18.2 Å². The van der Waals surface area contributed by atoms with Crippen molar-refractivity contribution >= 4 is 0 Å². The summed E-state index contributed by atoms with van der Waals surface area (Å²) in [6.45, 7) is 2.72. The van der Waals surface area contributed by atoms with Gasteiger partial charge >= 0.3 is 0 Å². The Morgan fingerprint density at radius 1 is 1.38 bits per heavy atom. The van der Waals surface area contributed by atoms with Gasteiger partial charge in [-0.25, -0.2) is 0 Å². The summed E-state index contributed by atoms with van der Waals surface area (Å²) in [5, 5.41) is 11.0. The maximum Gasteiger partial charge on any atom is 0.166 e. The van der Waals surface area contributed by atoms with E-state index >= 15 is 0 Å². The largest absolute Gasteiger partial charge is 0.493 e. The molecular formula is C17H27NO3. The summed E-state index contributed by atoms with van der Waals surface area (Å²) in [4.78, 5) is 0. The van der Waals surface area contributed by atoms with Crippen molar-refractivity contribution in [2.45, 2.75) is 38.7 Å². The Hall–Kier alpha value is -1.26. The lowest BCUT2D eigenvalue weighted by Gasteiger charge is -2.43. The number of hydrogen-bond acceptors (Lipinski definition) is 4. The number of para-hydroxylation sites is 1. The zero-order valence-electron chi connectivity index (χ0n) is 13.3. The van der Waals surface area contributed by atoms with Gasteiger partial charge in [-0.05, 0) is 24.8 Å². The van der Waals surface area contributed by atoms with Crippen LogP contribution in [0.5, 0.6) is 11.5 Å². The molecule has 1 aromatic rings. The van der Waals surface area contributed by atoms with Crippen LogP contribution in [0.4, 0.5) is 0 Å². The van der Waals surface area contributed by atoms with Gasteiger partial charge in [0.1, 0.15) is 0 Å². The molecule has 21 heavy (non-hydrogen) atoms. The van der Waals surface area contributed by atoms with E-state index in [2.05, 4.69) is 6.92 Å². The van der Waals surface area contributed by atoms with Crippen LogP contribution in [0.1, 0.15) is 44.3 Å². The van der Waals surface area contributed by atoms with Crippen molar-refractivity contribution in [2.75, 3.05) is 20.8 Å². The van der Waals surface area contributed by atoms with E-state index in [4.69, 9.17) is 15.2 Å². The molecule has 0 aliphatic heterocycles. The topological polar surface area (TPSA) is 64.7 Å². The summed E-state index contributed by atoms with van der Waals surface area (Å²) in [5.74, 6) is 1.84. The summed E-state index contributed by atoms with van der Waals surface area (Å²) < 4.78 is 10.8. The maximum absolute atomic E-state index is 11.0. The molecule has 118 valence electrons. The molecule has 1 fully saturated rings. The summed E-state index contributed by atoms with van der Waals surface area (Å²) in [6, 6.07) is 5.63. The molecular weight excluding hydrogens is 266 g/mol. The highest BCUT2D eigenvalue weighted by Crippen LogP contribution is 2.50. The van der Waals surface area contributed by atoms with Gasteiger partial charge in [0.2, 0.25) is 0 Å². The molecule has 0 bridgehead atoms. The van der Waals surface area contributed by atoms with E-state index in [1.807, 2.05) is 18.2 Å². The number of methoxy groups -OCH3 is 2. The first kappa shape index (κ1) is 16.1. The molecule has 0 amide bonds. The van der Waals surface area contributed by atoms with Gasteiger partial charge in [0.25, 0.3) is 0 Å². The Bertz CT molecular complexity index is 477. The van der Waals surface area contributed by atoms with Crippen LogP contribution >= 0.6 is 0 Å². The highest BCUT2D eigenvalue weighted by Gasteiger charge is 2.42. The van der Waals surface area contributed by atoms with Crippen molar-refractivity contribution in [1.82, 2.24) is 0 Å². The summed E-state index contributed by atoms with van der Waals surface area (Å²) >= 11 is 0. The lowest BCUT2D eigenvalue weighted by atomic mass is 9.65. The molecule has 0 radical (unpaired) electrons. The van der Waals surface area contributed by atoms with Gasteiger partial charge in [0.05, 0.1) is 20.3 Å². The van der Waals surface area contributed by atoms with Crippen LogP contribution in [0.25, 0.3) is 0 Å². The van der Waals surface area contributed by atoms with Gasteiger partial charge in [-0.1, -0.05) is 31.9 Å². The van der Waals surface area contributed by atoms with Crippen LogP contribution in [0.2, 0.25) is 0 Å². The molecule has 4 heteroatoms. The van der Waals surface area contributed by atoms with Crippen LogP contribution in [0.3, 0.4) is 0 Å². The van der Waals surface area contributed by atoms with Gasteiger partial charge in [-0.15, -0.1) is 0 Å². The molecule has 4 nitrogen and oxygen atoms in total.